The lowest BCUT2D eigenvalue weighted by Gasteiger charge is -2.11. The van der Waals surface area contributed by atoms with Crippen LogP contribution in [-0.2, 0) is 9.53 Å². The van der Waals surface area contributed by atoms with Crippen molar-refractivity contribution in [3.05, 3.63) is 29.6 Å². The van der Waals surface area contributed by atoms with E-state index in [2.05, 4.69) is 4.74 Å². The molecule has 0 aromatic heterocycles. The Hall–Kier alpha value is -1.62. The van der Waals surface area contributed by atoms with Gasteiger partial charge in [-0.25, -0.2) is 4.39 Å². The van der Waals surface area contributed by atoms with Gasteiger partial charge in [-0.2, -0.15) is 0 Å². The minimum Gasteiger partial charge on any atom is -0.507 e. The molecule has 1 aromatic carbocycles. The predicted octanol–water partition coefficient (Wildman–Crippen LogP) is 1.52. The van der Waals surface area contributed by atoms with Crippen LogP contribution in [0.25, 0.3) is 0 Å². The number of hydrogen-bond donors (Lipinski definition) is 2. The SMILES string of the molecule is CCOC(=O)CC(O)c1ccc(F)cc1O. The lowest BCUT2D eigenvalue weighted by Crippen LogP contribution is -2.10. The Kier molecular flexibility index (Phi) is 4.25. The maximum atomic E-state index is 12.7. The Labute approximate surface area is 92.3 Å². The fourth-order valence-corrected chi connectivity index (χ4v) is 1.29. The summed E-state index contributed by atoms with van der Waals surface area (Å²) in [5.41, 5.74) is 0.106. The molecular formula is C11H13FO4. The van der Waals surface area contributed by atoms with Crippen LogP contribution >= 0.6 is 0 Å². The van der Waals surface area contributed by atoms with Gasteiger partial charge >= 0.3 is 5.97 Å². The largest absolute Gasteiger partial charge is 0.507 e. The summed E-state index contributed by atoms with van der Waals surface area (Å²) in [5, 5.41) is 19.0. The molecule has 0 radical (unpaired) electrons. The van der Waals surface area contributed by atoms with E-state index in [0.717, 1.165) is 12.1 Å². The van der Waals surface area contributed by atoms with Gasteiger partial charge < -0.3 is 14.9 Å². The minimum atomic E-state index is -1.19. The third-order valence-electron chi connectivity index (χ3n) is 2.02. The van der Waals surface area contributed by atoms with E-state index in [9.17, 15) is 19.4 Å². The zero-order chi connectivity index (χ0) is 12.1. The summed E-state index contributed by atoms with van der Waals surface area (Å²) in [5.74, 6) is -1.56. The van der Waals surface area contributed by atoms with Crippen molar-refractivity contribution in [1.82, 2.24) is 0 Å². The second kappa shape index (κ2) is 5.46. The highest BCUT2D eigenvalue weighted by atomic mass is 19.1. The molecule has 4 nitrogen and oxygen atoms in total. The second-order valence-corrected chi connectivity index (χ2v) is 3.23. The summed E-state index contributed by atoms with van der Waals surface area (Å²) in [6.45, 7) is 1.88. The number of esters is 1. The lowest BCUT2D eigenvalue weighted by atomic mass is 10.1. The summed E-state index contributed by atoms with van der Waals surface area (Å²) in [6.07, 6.45) is -1.47. The van der Waals surface area contributed by atoms with Gasteiger partial charge in [0.05, 0.1) is 19.1 Å². The zero-order valence-corrected chi connectivity index (χ0v) is 8.81. The van der Waals surface area contributed by atoms with Crippen LogP contribution in [0.15, 0.2) is 18.2 Å². The van der Waals surface area contributed by atoms with Crippen molar-refractivity contribution in [2.45, 2.75) is 19.4 Å². The van der Waals surface area contributed by atoms with Gasteiger partial charge in [0, 0.05) is 11.6 Å². The molecule has 1 atom stereocenters. The predicted molar refractivity (Wildman–Crippen MR) is 54.3 cm³/mol. The first-order valence-corrected chi connectivity index (χ1v) is 4.86. The molecule has 1 rings (SSSR count). The second-order valence-electron chi connectivity index (χ2n) is 3.23. The van der Waals surface area contributed by atoms with E-state index in [1.807, 2.05) is 0 Å². The third kappa shape index (κ3) is 3.20. The fraction of sp³-hybridized carbons (Fsp3) is 0.364. The van der Waals surface area contributed by atoms with Crippen molar-refractivity contribution in [1.29, 1.82) is 0 Å². The van der Waals surface area contributed by atoms with Gasteiger partial charge in [-0.1, -0.05) is 0 Å². The molecule has 1 unspecified atom stereocenters. The van der Waals surface area contributed by atoms with Gasteiger partial charge in [0.2, 0.25) is 0 Å². The quantitative estimate of drug-likeness (QED) is 0.767. The average molecular weight is 228 g/mol. The van der Waals surface area contributed by atoms with Crippen molar-refractivity contribution < 1.29 is 24.1 Å². The first-order chi connectivity index (χ1) is 7.54. The summed E-state index contributed by atoms with van der Waals surface area (Å²) in [7, 11) is 0. The Morgan fingerprint density at radius 2 is 2.25 bits per heavy atom. The van der Waals surface area contributed by atoms with Crippen LogP contribution in [0.5, 0.6) is 5.75 Å². The highest BCUT2D eigenvalue weighted by molar-refractivity contribution is 5.70. The van der Waals surface area contributed by atoms with Crippen LogP contribution in [0, 0.1) is 5.82 Å². The van der Waals surface area contributed by atoms with Gasteiger partial charge in [-0.05, 0) is 19.1 Å². The van der Waals surface area contributed by atoms with Crippen LogP contribution in [0.1, 0.15) is 25.0 Å². The number of aliphatic hydroxyl groups is 1. The number of rotatable bonds is 4. The molecule has 0 fully saturated rings. The third-order valence-corrected chi connectivity index (χ3v) is 2.02. The molecule has 2 N–H and O–H groups in total. The van der Waals surface area contributed by atoms with Crippen molar-refractivity contribution in [3.8, 4) is 5.75 Å². The molecule has 0 heterocycles. The molecule has 0 aliphatic heterocycles. The van der Waals surface area contributed by atoms with Crippen LogP contribution in [0.2, 0.25) is 0 Å². The van der Waals surface area contributed by atoms with Crippen molar-refractivity contribution in [2.24, 2.45) is 0 Å². The number of carbonyl (C=O) groups is 1. The Morgan fingerprint density at radius 3 is 2.81 bits per heavy atom. The number of halogens is 1. The number of hydrogen-bond acceptors (Lipinski definition) is 4. The van der Waals surface area contributed by atoms with Crippen LogP contribution in [0.4, 0.5) is 4.39 Å². The number of ether oxygens (including phenoxy) is 1. The van der Waals surface area contributed by atoms with Crippen molar-refractivity contribution in [2.75, 3.05) is 6.61 Å². The Morgan fingerprint density at radius 1 is 1.56 bits per heavy atom. The molecule has 16 heavy (non-hydrogen) atoms. The maximum Gasteiger partial charge on any atom is 0.308 e. The topological polar surface area (TPSA) is 66.8 Å². The van der Waals surface area contributed by atoms with E-state index in [1.54, 1.807) is 6.92 Å². The van der Waals surface area contributed by atoms with E-state index >= 15 is 0 Å². The van der Waals surface area contributed by atoms with E-state index in [-0.39, 0.29) is 24.3 Å². The number of benzene rings is 1. The molecule has 0 saturated carbocycles. The Bertz CT molecular complexity index is 378. The van der Waals surface area contributed by atoms with E-state index in [1.165, 1.54) is 6.07 Å². The van der Waals surface area contributed by atoms with E-state index in [0.29, 0.717) is 0 Å². The Balaban J connectivity index is 2.72. The molecule has 0 aliphatic rings. The number of aromatic hydroxyl groups is 1. The average Bonchev–Trinajstić information content (AvgIpc) is 2.17. The normalized spacial score (nSPS) is 12.2. The smallest absolute Gasteiger partial charge is 0.308 e. The van der Waals surface area contributed by atoms with Crippen LogP contribution in [-0.4, -0.2) is 22.8 Å². The molecular weight excluding hydrogens is 215 g/mol. The monoisotopic (exact) mass is 228 g/mol. The number of carbonyl (C=O) groups excluding carboxylic acids is 1. The minimum absolute atomic E-state index is 0.106. The molecule has 88 valence electrons. The highest BCUT2D eigenvalue weighted by Crippen LogP contribution is 2.27. The summed E-state index contributed by atoms with van der Waals surface area (Å²) in [6, 6.07) is 3.21. The van der Waals surface area contributed by atoms with E-state index < -0.39 is 17.9 Å². The van der Waals surface area contributed by atoms with Crippen LogP contribution < -0.4 is 0 Å². The van der Waals surface area contributed by atoms with Gasteiger partial charge in [0.1, 0.15) is 11.6 Å². The first kappa shape index (κ1) is 12.4. The molecule has 0 amide bonds. The lowest BCUT2D eigenvalue weighted by molar-refractivity contribution is -0.145. The first-order valence-electron chi connectivity index (χ1n) is 4.86. The van der Waals surface area contributed by atoms with Crippen molar-refractivity contribution >= 4 is 5.97 Å². The summed E-state index contributed by atoms with van der Waals surface area (Å²) < 4.78 is 17.3. The molecule has 0 saturated heterocycles. The standard InChI is InChI=1S/C11H13FO4/c1-2-16-11(15)6-10(14)8-4-3-7(12)5-9(8)13/h3-5,10,13-14H,2,6H2,1H3. The number of phenols is 1. The summed E-state index contributed by atoms with van der Waals surface area (Å²) >= 11 is 0. The van der Waals surface area contributed by atoms with Gasteiger partial charge in [-0.3, -0.25) is 4.79 Å². The van der Waals surface area contributed by atoms with E-state index in [4.69, 9.17) is 0 Å². The summed E-state index contributed by atoms with van der Waals surface area (Å²) in [4.78, 5) is 11.1. The van der Waals surface area contributed by atoms with Gasteiger partial charge in [0.25, 0.3) is 0 Å². The zero-order valence-electron chi connectivity index (χ0n) is 8.81. The molecule has 0 spiro atoms. The van der Waals surface area contributed by atoms with Gasteiger partial charge in [-0.15, -0.1) is 0 Å². The fourth-order valence-electron chi connectivity index (χ4n) is 1.29. The van der Waals surface area contributed by atoms with Crippen molar-refractivity contribution in [3.63, 3.8) is 0 Å². The highest BCUT2D eigenvalue weighted by Gasteiger charge is 2.17. The molecule has 0 bridgehead atoms. The van der Waals surface area contributed by atoms with Crippen LogP contribution in [0.3, 0.4) is 0 Å². The maximum absolute atomic E-state index is 12.7. The molecule has 1 aromatic rings. The molecule has 0 aliphatic carbocycles. The number of phenolic OH excluding ortho intramolecular Hbond substituents is 1. The van der Waals surface area contributed by atoms with Gasteiger partial charge in [0.15, 0.2) is 0 Å². The molecule has 5 heteroatoms. The number of aliphatic hydroxyl groups excluding tert-OH is 1.